The van der Waals surface area contributed by atoms with Crippen LogP contribution in [-0.4, -0.2) is 35.0 Å². The van der Waals surface area contributed by atoms with Gasteiger partial charge in [-0.25, -0.2) is 0 Å². The Morgan fingerprint density at radius 2 is 1.72 bits per heavy atom. The van der Waals surface area contributed by atoms with Crippen molar-refractivity contribution in [1.82, 2.24) is 4.90 Å². The van der Waals surface area contributed by atoms with Crippen LogP contribution in [0.5, 0.6) is 0 Å². The van der Waals surface area contributed by atoms with E-state index in [-0.39, 0.29) is 5.91 Å². The molecule has 1 N–H and O–H groups in total. The predicted molar refractivity (Wildman–Crippen MR) is 70.2 cm³/mol. The molecular formula is C14H25NO3. The first kappa shape index (κ1) is 15.0. The number of hydrogen-bond acceptors (Lipinski definition) is 2. The monoisotopic (exact) mass is 255 g/mol. The molecule has 104 valence electrons. The van der Waals surface area contributed by atoms with Crippen molar-refractivity contribution in [1.29, 1.82) is 0 Å². The molecule has 4 heteroatoms. The van der Waals surface area contributed by atoms with E-state index in [1.54, 1.807) is 13.8 Å². The fourth-order valence-corrected chi connectivity index (χ4v) is 2.34. The van der Waals surface area contributed by atoms with Crippen LogP contribution in [0.3, 0.4) is 0 Å². The van der Waals surface area contributed by atoms with Crippen molar-refractivity contribution in [2.45, 2.75) is 47.0 Å². The zero-order valence-corrected chi connectivity index (χ0v) is 11.9. The summed E-state index contributed by atoms with van der Waals surface area (Å²) in [6.45, 7) is 9.30. The van der Waals surface area contributed by atoms with Crippen LogP contribution in [0.4, 0.5) is 0 Å². The SMILES string of the molecule is CCC1(C)CCN(C(=O)C(C)C(C)C(=O)O)CC1. The number of carboxylic acids is 1. The molecule has 1 saturated heterocycles. The zero-order chi connectivity index (χ0) is 13.9. The molecule has 0 aromatic heterocycles. The molecule has 0 aliphatic carbocycles. The van der Waals surface area contributed by atoms with Gasteiger partial charge in [-0.1, -0.05) is 34.1 Å². The highest BCUT2D eigenvalue weighted by Gasteiger charge is 2.34. The molecule has 1 fully saturated rings. The average Bonchev–Trinajstić information content (AvgIpc) is 2.37. The Labute approximate surface area is 109 Å². The molecule has 2 atom stereocenters. The van der Waals surface area contributed by atoms with E-state index in [0.717, 1.165) is 32.4 Å². The van der Waals surface area contributed by atoms with Crippen LogP contribution >= 0.6 is 0 Å². The number of amides is 1. The first-order chi connectivity index (χ1) is 8.30. The summed E-state index contributed by atoms with van der Waals surface area (Å²) >= 11 is 0. The van der Waals surface area contributed by atoms with Gasteiger partial charge in [0, 0.05) is 19.0 Å². The van der Waals surface area contributed by atoms with Crippen LogP contribution in [0.15, 0.2) is 0 Å². The minimum atomic E-state index is -0.897. The Morgan fingerprint density at radius 1 is 1.22 bits per heavy atom. The molecule has 0 bridgehead atoms. The molecule has 1 heterocycles. The molecule has 1 aliphatic heterocycles. The second-order valence-corrected chi connectivity index (χ2v) is 5.91. The lowest BCUT2D eigenvalue weighted by Crippen LogP contribution is -2.45. The van der Waals surface area contributed by atoms with Crippen LogP contribution in [0.2, 0.25) is 0 Å². The lowest BCUT2D eigenvalue weighted by atomic mass is 9.78. The van der Waals surface area contributed by atoms with E-state index in [0.29, 0.717) is 5.41 Å². The normalized spacial score (nSPS) is 22.3. The Balaban J connectivity index is 2.57. The van der Waals surface area contributed by atoms with E-state index in [1.807, 2.05) is 4.90 Å². The molecule has 0 radical (unpaired) electrons. The van der Waals surface area contributed by atoms with Crippen molar-refractivity contribution in [3.8, 4) is 0 Å². The number of aliphatic carboxylic acids is 1. The van der Waals surface area contributed by atoms with E-state index in [4.69, 9.17) is 5.11 Å². The maximum absolute atomic E-state index is 12.2. The van der Waals surface area contributed by atoms with Crippen LogP contribution in [0.1, 0.15) is 47.0 Å². The molecule has 1 rings (SSSR count). The maximum Gasteiger partial charge on any atom is 0.307 e. The van der Waals surface area contributed by atoms with Gasteiger partial charge in [0.2, 0.25) is 5.91 Å². The lowest BCUT2D eigenvalue weighted by Gasteiger charge is -2.40. The second kappa shape index (κ2) is 5.72. The standard InChI is InChI=1S/C14H25NO3/c1-5-14(4)6-8-15(9-7-14)12(16)10(2)11(3)13(17)18/h10-11H,5-9H2,1-4H3,(H,17,18). The number of rotatable bonds is 4. The smallest absolute Gasteiger partial charge is 0.307 e. The van der Waals surface area contributed by atoms with Crippen molar-refractivity contribution in [3.05, 3.63) is 0 Å². The molecule has 1 aliphatic rings. The second-order valence-electron chi connectivity index (χ2n) is 5.91. The lowest BCUT2D eigenvalue weighted by molar-refractivity contribution is -0.150. The Morgan fingerprint density at radius 3 is 2.11 bits per heavy atom. The highest BCUT2D eigenvalue weighted by atomic mass is 16.4. The average molecular weight is 255 g/mol. The number of carbonyl (C=O) groups is 2. The van der Waals surface area contributed by atoms with Crippen molar-refractivity contribution in [2.24, 2.45) is 17.3 Å². The van der Waals surface area contributed by atoms with E-state index < -0.39 is 17.8 Å². The summed E-state index contributed by atoms with van der Waals surface area (Å²) in [4.78, 5) is 24.9. The topological polar surface area (TPSA) is 57.6 Å². The molecule has 0 aromatic carbocycles. The quantitative estimate of drug-likeness (QED) is 0.839. The van der Waals surface area contributed by atoms with Gasteiger partial charge in [0.15, 0.2) is 0 Å². The van der Waals surface area contributed by atoms with Gasteiger partial charge in [-0.3, -0.25) is 9.59 Å². The Hall–Kier alpha value is -1.06. The van der Waals surface area contributed by atoms with Gasteiger partial charge in [0.1, 0.15) is 0 Å². The van der Waals surface area contributed by atoms with Crippen LogP contribution < -0.4 is 0 Å². The molecule has 4 nitrogen and oxygen atoms in total. The van der Waals surface area contributed by atoms with Gasteiger partial charge in [-0.05, 0) is 18.3 Å². The van der Waals surface area contributed by atoms with E-state index in [1.165, 1.54) is 0 Å². The van der Waals surface area contributed by atoms with Crippen molar-refractivity contribution in [2.75, 3.05) is 13.1 Å². The van der Waals surface area contributed by atoms with Gasteiger partial charge in [-0.15, -0.1) is 0 Å². The fourth-order valence-electron chi connectivity index (χ4n) is 2.34. The molecule has 0 aromatic rings. The third-order valence-corrected chi connectivity index (χ3v) is 4.66. The summed E-state index contributed by atoms with van der Waals surface area (Å²) in [5, 5.41) is 8.95. The minimum absolute atomic E-state index is 0.0111. The summed E-state index contributed by atoms with van der Waals surface area (Å²) < 4.78 is 0. The van der Waals surface area contributed by atoms with Crippen molar-refractivity contribution >= 4 is 11.9 Å². The first-order valence-corrected chi connectivity index (χ1v) is 6.82. The van der Waals surface area contributed by atoms with E-state index >= 15 is 0 Å². The van der Waals surface area contributed by atoms with E-state index in [9.17, 15) is 9.59 Å². The highest BCUT2D eigenvalue weighted by molar-refractivity contribution is 5.84. The van der Waals surface area contributed by atoms with E-state index in [2.05, 4.69) is 13.8 Å². The van der Waals surface area contributed by atoms with Gasteiger partial charge in [0.25, 0.3) is 0 Å². The molecule has 18 heavy (non-hydrogen) atoms. The van der Waals surface area contributed by atoms with Crippen LogP contribution in [0, 0.1) is 17.3 Å². The number of carboxylic acid groups (broad SMARTS) is 1. The molecule has 2 unspecified atom stereocenters. The molecule has 0 saturated carbocycles. The first-order valence-electron chi connectivity index (χ1n) is 6.82. The largest absolute Gasteiger partial charge is 0.481 e. The molecule has 1 amide bonds. The Bertz CT molecular complexity index is 319. The van der Waals surface area contributed by atoms with Crippen LogP contribution in [-0.2, 0) is 9.59 Å². The summed E-state index contributed by atoms with van der Waals surface area (Å²) in [6.07, 6.45) is 3.17. The number of carbonyl (C=O) groups excluding carboxylic acids is 1. The van der Waals surface area contributed by atoms with Gasteiger partial charge in [-0.2, -0.15) is 0 Å². The third kappa shape index (κ3) is 3.24. The van der Waals surface area contributed by atoms with Crippen molar-refractivity contribution < 1.29 is 14.7 Å². The summed E-state index contributed by atoms with van der Waals surface area (Å²) in [7, 11) is 0. The number of nitrogens with zero attached hydrogens (tertiary/aromatic N) is 1. The molecular weight excluding hydrogens is 230 g/mol. The third-order valence-electron chi connectivity index (χ3n) is 4.66. The molecule has 0 spiro atoms. The van der Waals surface area contributed by atoms with Gasteiger partial charge < -0.3 is 10.0 Å². The maximum atomic E-state index is 12.2. The zero-order valence-electron chi connectivity index (χ0n) is 11.9. The minimum Gasteiger partial charge on any atom is -0.481 e. The summed E-state index contributed by atoms with van der Waals surface area (Å²) in [5.74, 6) is -1.96. The van der Waals surface area contributed by atoms with Crippen LogP contribution in [0.25, 0.3) is 0 Å². The fraction of sp³-hybridized carbons (Fsp3) is 0.857. The predicted octanol–water partition coefficient (Wildman–Crippen LogP) is 2.38. The van der Waals surface area contributed by atoms with Gasteiger partial charge >= 0.3 is 5.97 Å². The summed E-state index contributed by atoms with van der Waals surface area (Å²) in [5.41, 5.74) is 0.346. The number of likely N-dealkylation sites (tertiary alicyclic amines) is 1. The van der Waals surface area contributed by atoms with Gasteiger partial charge in [0.05, 0.1) is 5.92 Å². The number of hydrogen-bond donors (Lipinski definition) is 1. The highest BCUT2D eigenvalue weighted by Crippen LogP contribution is 2.34. The number of piperidine rings is 1. The summed E-state index contributed by atoms with van der Waals surface area (Å²) in [6, 6.07) is 0. The Kier molecular flexibility index (Phi) is 4.77. The van der Waals surface area contributed by atoms with Crippen molar-refractivity contribution in [3.63, 3.8) is 0 Å².